The first-order valence-electron chi connectivity index (χ1n) is 13.1. The number of nitro benzene ring substituents is 1. The molecular formula is C29H33N5O6S. The molecule has 0 bridgehead atoms. The number of hydrogen-bond acceptors (Lipinski definition) is 7. The van der Waals surface area contributed by atoms with Crippen LogP contribution >= 0.6 is 0 Å². The lowest BCUT2D eigenvalue weighted by atomic mass is 9.87. The summed E-state index contributed by atoms with van der Waals surface area (Å²) in [6.45, 7) is 6.47. The van der Waals surface area contributed by atoms with Gasteiger partial charge in [0.1, 0.15) is 0 Å². The van der Waals surface area contributed by atoms with Gasteiger partial charge in [-0.2, -0.15) is 4.31 Å². The van der Waals surface area contributed by atoms with Gasteiger partial charge >= 0.3 is 0 Å². The summed E-state index contributed by atoms with van der Waals surface area (Å²) in [4.78, 5) is 35.4. The van der Waals surface area contributed by atoms with Gasteiger partial charge in [0.15, 0.2) is 4.90 Å². The van der Waals surface area contributed by atoms with Crippen molar-refractivity contribution < 1.29 is 22.9 Å². The first-order valence-corrected chi connectivity index (χ1v) is 14.6. The van der Waals surface area contributed by atoms with Crippen LogP contribution in [0.25, 0.3) is 0 Å². The molecule has 0 aromatic heterocycles. The molecule has 1 fully saturated rings. The summed E-state index contributed by atoms with van der Waals surface area (Å²) in [5.74, 6) is -1.02. The van der Waals surface area contributed by atoms with Crippen molar-refractivity contribution in [3.63, 3.8) is 0 Å². The van der Waals surface area contributed by atoms with Crippen molar-refractivity contribution in [1.29, 1.82) is 0 Å². The highest BCUT2D eigenvalue weighted by Crippen LogP contribution is 2.30. The Kier molecular flexibility index (Phi) is 8.45. The Hall–Kier alpha value is -4.29. The Morgan fingerprint density at radius 3 is 2.37 bits per heavy atom. The number of nitrogens with two attached hydrogens (primary N) is 1. The average Bonchev–Trinajstić information content (AvgIpc) is 2.92. The summed E-state index contributed by atoms with van der Waals surface area (Å²) < 4.78 is 27.9. The first kappa shape index (κ1) is 29.7. The Bertz CT molecular complexity index is 1580. The molecule has 0 spiro atoms. The van der Waals surface area contributed by atoms with E-state index in [1.54, 1.807) is 24.3 Å². The Morgan fingerprint density at radius 2 is 1.73 bits per heavy atom. The monoisotopic (exact) mass is 579 g/mol. The van der Waals surface area contributed by atoms with Gasteiger partial charge in [-0.15, -0.1) is 0 Å². The van der Waals surface area contributed by atoms with Crippen LogP contribution in [0, 0.1) is 10.1 Å². The lowest BCUT2D eigenvalue weighted by Gasteiger charge is -2.33. The Labute approximate surface area is 238 Å². The van der Waals surface area contributed by atoms with E-state index in [-0.39, 0.29) is 34.9 Å². The molecule has 4 N–H and O–H groups in total. The molecule has 1 saturated heterocycles. The molecule has 0 aliphatic carbocycles. The summed E-state index contributed by atoms with van der Waals surface area (Å²) in [6, 6.07) is 16.8. The number of para-hydroxylation sites is 1. The van der Waals surface area contributed by atoms with Gasteiger partial charge in [0.05, 0.1) is 10.5 Å². The SMILES string of the molecule is CC(C)(C)c1ccc(C(=O)Nc2ccc(C(N)=O)c(NC3CCCN(S(=O)(=O)c4ccccc4[N+](=O)[O-])C3)c2)cc1. The minimum Gasteiger partial charge on any atom is -0.380 e. The number of carbonyl (C=O) groups is 2. The topological polar surface area (TPSA) is 165 Å². The maximum absolute atomic E-state index is 13.3. The highest BCUT2D eigenvalue weighted by Gasteiger charge is 2.35. The minimum atomic E-state index is -4.15. The van der Waals surface area contributed by atoms with Crippen LogP contribution in [0.2, 0.25) is 0 Å². The van der Waals surface area contributed by atoms with Gasteiger partial charge in [0.2, 0.25) is 10.0 Å². The number of sulfonamides is 1. The van der Waals surface area contributed by atoms with Crippen LogP contribution in [0.1, 0.15) is 59.9 Å². The number of nitro groups is 1. The Balaban J connectivity index is 1.54. The predicted molar refractivity (Wildman–Crippen MR) is 157 cm³/mol. The zero-order chi connectivity index (χ0) is 29.9. The van der Waals surface area contributed by atoms with Crippen LogP contribution in [0.4, 0.5) is 17.1 Å². The van der Waals surface area contributed by atoms with Gasteiger partial charge in [0, 0.05) is 42.1 Å². The second kappa shape index (κ2) is 11.7. The molecule has 216 valence electrons. The zero-order valence-corrected chi connectivity index (χ0v) is 23.9. The van der Waals surface area contributed by atoms with E-state index in [0.717, 1.165) is 11.6 Å². The molecule has 0 saturated carbocycles. The fourth-order valence-electron chi connectivity index (χ4n) is 4.74. The molecule has 1 heterocycles. The largest absolute Gasteiger partial charge is 0.380 e. The predicted octanol–water partition coefficient (Wildman–Crippen LogP) is 4.51. The minimum absolute atomic E-state index is 0.0172. The quantitative estimate of drug-likeness (QED) is 0.261. The van der Waals surface area contributed by atoms with Crippen LogP contribution in [0.5, 0.6) is 0 Å². The molecule has 1 unspecified atom stereocenters. The molecule has 2 amide bonds. The van der Waals surface area contributed by atoms with E-state index in [0.29, 0.717) is 29.8 Å². The molecule has 1 aliphatic heterocycles. The molecular weight excluding hydrogens is 546 g/mol. The number of hydrogen-bond donors (Lipinski definition) is 3. The molecule has 12 heteroatoms. The summed E-state index contributed by atoms with van der Waals surface area (Å²) in [5.41, 5.74) is 7.55. The molecule has 1 atom stereocenters. The molecule has 3 aromatic carbocycles. The maximum atomic E-state index is 13.3. The fraction of sp³-hybridized carbons (Fsp3) is 0.310. The lowest BCUT2D eigenvalue weighted by Crippen LogP contribution is -2.45. The molecule has 3 aromatic rings. The highest BCUT2D eigenvalue weighted by atomic mass is 32.2. The molecule has 1 aliphatic rings. The van der Waals surface area contributed by atoms with Crippen molar-refractivity contribution in [3.05, 3.63) is 93.5 Å². The van der Waals surface area contributed by atoms with E-state index >= 15 is 0 Å². The second-order valence-electron chi connectivity index (χ2n) is 11.0. The molecule has 41 heavy (non-hydrogen) atoms. The van der Waals surface area contributed by atoms with Crippen LogP contribution in [-0.4, -0.2) is 48.6 Å². The number of nitrogens with one attached hydrogen (secondary N) is 2. The third-order valence-corrected chi connectivity index (χ3v) is 8.89. The van der Waals surface area contributed by atoms with E-state index in [9.17, 15) is 28.1 Å². The van der Waals surface area contributed by atoms with Crippen molar-refractivity contribution in [3.8, 4) is 0 Å². The molecule has 11 nitrogen and oxygen atoms in total. The second-order valence-corrected chi connectivity index (χ2v) is 12.9. The highest BCUT2D eigenvalue weighted by molar-refractivity contribution is 7.89. The average molecular weight is 580 g/mol. The number of carbonyl (C=O) groups excluding carboxylic acids is 2. The first-order chi connectivity index (χ1) is 19.3. The van der Waals surface area contributed by atoms with Crippen molar-refractivity contribution in [1.82, 2.24) is 4.31 Å². The standard InChI is InChI=1S/C29H33N5O6S/c1-29(2,3)20-12-10-19(11-13-20)28(36)32-21-14-15-23(27(30)35)24(17-21)31-22-7-6-16-33(18-22)41(39,40)26-9-5-4-8-25(26)34(37)38/h4-5,8-15,17,22,31H,6-7,16,18H2,1-3H3,(H2,30,35)(H,32,36). The van der Waals surface area contributed by atoms with E-state index in [2.05, 4.69) is 31.4 Å². The molecule has 4 rings (SSSR count). The van der Waals surface area contributed by atoms with Gasteiger partial charge in [-0.1, -0.05) is 45.0 Å². The van der Waals surface area contributed by atoms with Gasteiger partial charge in [-0.3, -0.25) is 19.7 Å². The van der Waals surface area contributed by atoms with E-state index < -0.39 is 32.6 Å². The van der Waals surface area contributed by atoms with Crippen LogP contribution in [-0.2, 0) is 15.4 Å². The fourth-order valence-corrected chi connectivity index (χ4v) is 6.43. The third-order valence-electron chi connectivity index (χ3n) is 6.98. The van der Waals surface area contributed by atoms with Gasteiger partial charge in [-0.05, 0) is 60.2 Å². The van der Waals surface area contributed by atoms with E-state index in [4.69, 9.17) is 5.73 Å². The van der Waals surface area contributed by atoms with Crippen LogP contribution in [0.15, 0.2) is 71.6 Å². The number of benzene rings is 3. The number of rotatable bonds is 8. The number of piperidine rings is 1. The third kappa shape index (κ3) is 6.72. The number of anilines is 2. The van der Waals surface area contributed by atoms with Crippen molar-refractivity contribution in [2.75, 3.05) is 23.7 Å². The van der Waals surface area contributed by atoms with Crippen molar-refractivity contribution >= 4 is 38.9 Å². The number of nitrogens with zero attached hydrogens (tertiary/aromatic N) is 2. The van der Waals surface area contributed by atoms with Crippen molar-refractivity contribution in [2.24, 2.45) is 5.73 Å². The summed E-state index contributed by atoms with van der Waals surface area (Å²) >= 11 is 0. The number of primary amides is 1. The van der Waals surface area contributed by atoms with E-state index in [1.165, 1.54) is 28.6 Å². The van der Waals surface area contributed by atoms with E-state index in [1.807, 2.05) is 12.1 Å². The smallest absolute Gasteiger partial charge is 0.289 e. The lowest BCUT2D eigenvalue weighted by molar-refractivity contribution is -0.387. The zero-order valence-electron chi connectivity index (χ0n) is 23.1. The number of amides is 2. The maximum Gasteiger partial charge on any atom is 0.289 e. The van der Waals surface area contributed by atoms with Crippen LogP contribution in [0.3, 0.4) is 0 Å². The van der Waals surface area contributed by atoms with Gasteiger partial charge < -0.3 is 16.4 Å². The summed E-state index contributed by atoms with van der Waals surface area (Å²) in [5, 5.41) is 17.5. The summed E-state index contributed by atoms with van der Waals surface area (Å²) in [6.07, 6.45) is 1.07. The van der Waals surface area contributed by atoms with Crippen LogP contribution < -0.4 is 16.4 Å². The summed E-state index contributed by atoms with van der Waals surface area (Å²) in [7, 11) is -4.15. The van der Waals surface area contributed by atoms with Crippen molar-refractivity contribution in [2.45, 2.75) is 50.0 Å². The normalized spacial score (nSPS) is 16.1. The Morgan fingerprint density at radius 1 is 1.05 bits per heavy atom. The van der Waals surface area contributed by atoms with Gasteiger partial charge in [0.25, 0.3) is 17.5 Å². The van der Waals surface area contributed by atoms with Gasteiger partial charge in [-0.25, -0.2) is 8.42 Å². The molecule has 0 radical (unpaired) electrons.